The standard InChI is InChI=1S/C12H15N3O/c1-3-9-11(13)15(14-12(9)16)10-7-5-4-6-8(10)2/h4-7H,3,13H2,1-2H3,(H,14,16). The van der Waals surface area contributed by atoms with Crippen molar-refractivity contribution < 1.29 is 0 Å². The molecule has 84 valence electrons. The highest BCUT2D eigenvalue weighted by Gasteiger charge is 2.11. The Morgan fingerprint density at radius 2 is 2.06 bits per heavy atom. The number of aromatic amines is 1. The third-order valence-electron chi connectivity index (χ3n) is 2.75. The van der Waals surface area contributed by atoms with Gasteiger partial charge >= 0.3 is 0 Å². The van der Waals surface area contributed by atoms with E-state index in [2.05, 4.69) is 5.10 Å². The molecule has 0 saturated carbocycles. The van der Waals surface area contributed by atoms with E-state index in [0.717, 1.165) is 11.3 Å². The molecular weight excluding hydrogens is 202 g/mol. The smallest absolute Gasteiger partial charge is 0.269 e. The highest BCUT2D eigenvalue weighted by atomic mass is 16.1. The summed E-state index contributed by atoms with van der Waals surface area (Å²) < 4.78 is 1.65. The lowest BCUT2D eigenvalue weighted by atomic mass is 10.2. The average molecular weight is 217 g/mol. The molecule has 1 aromatic carbocycles. The Labute approximate surface area is 93.7 Å². The van der Waals surface area contributed by atoms with Gasteiger partial charge in [-0.25, -0.2) is 4.68 Å². The van der Waals surface area contributed by atoms with Crippen LogP contribution in [0.4, 0.5) is 5.82 Å². The minimum Gasteiger partial charge on any atom is -0.383 e. The molecular formula is C12H15N3O. The Kier molecular flexibility index (Phi) is 2.56. The zero-order valence-electron chi connectivity index (χ0n) is 9.45. The van der Waals surface area contributed by atoms with Crippen LogP contribution >= 0.6 is 0 Å². The van der Waals surface area contributed by atoms with Crippen molar-refractivity contribution in [2.75, 3.05) is 5.73 Å². The van der Waals surface area contributed by atoms with Crippen molar-refractivity contribution in [1.29, 1.82) is 0 Å². The van der Waals surface area contributed by atoms with E-state index in [1.807, 2.05) is 38.1 Å². The lowest BCUT2D eigenvalue weighted by Crippen LogP contribution is -2.07. The van der Waals surface area contributed by atoms with Crippen LogP contribution in [0.1, 0.15) is 18.1 Å². The zero-order chi connectivity index (χ0) is 11.7. The maximum Gasteiger partial charge on any atom is 0.269 e. The van der Waals surface area contributed by atoms with E-state index in [9.17, 15) is 4.79 Å². The van der Waals surface area contributed by atoms with Crippen molar-refractivity contribution in [3.63, 3.8) is 0 Å². The van der Waals surface area contributed by atoms with Gasteiger partial charge in [-0.3, -0.25) is 9.89 Å². The van der Waals surface area contributed by atoms with E-state index >= 15 is 0 Å². The van der Waals surface area contributed by atoms with Crippen LogP contribution in [0.3, 0.4) is 0 Å². The first kappa shape index (κ1) is 10.5. The lowest BCUT2D eigenvalue weighted by Gasteiger charge is -2.08. The third-order valence-corrected chi connectivity index (χ3v) is 2.75. The Morgan fingerprint density at radius 1 is 1.38 bits per heavy atom. The predicted octanol–water partition coefficient (Wildman–Crippen LogP) is 1.62. The number of aromatic nitrogens is 2. The van der Waals surface area contributed by atoms with Crippen LogP contribution in [-0.4, -0.2) is 9.78 Å². The van der Waals surface area contributed by atoms with Gasteiger partial charge in [-0.15, -0.1) is 0 Å². The molecule has 0 aliphatic rings. The molecule has 0 aliphatic carbocycles. The first-order valence-electron chi connectivity index (χ1n) is 5.30. The van der Waals surface area contributed by atoms with Gasteiger partial charge in [0.15, 0.2) is 0 Å². The third kappa shape index (κ3) is 1.52. The summed E-state index contributed by atoms with van der Waals surface area (Å²) in [6, 6.07) is 7.79. The van der Waals surface area contributed by atoms with Gasteiger partial charge in [-0.05, 0) is 25.0 Å². The Morgan fingerprint density at radius 3 is 2.62 bits per heavy atom. The molecule has 0 unspecified atom stereocenters. The number of rotatable bonds is 2. The molecule has 16 heavy (non-hydrogen) atoms. The predicted molar refractivity (Wildman–Crippen MR) is 64.9 cm³/mol. The van der Waals surface area contributed by atoms with Gasteiger partial charge in [0.2, 0.25) is 0 Å². The minimum atomic E-state index is -0.108. The van der Waals surface area contributed by atoms with E-state index in [0.29, 0.717) is 17.8 Å². The van der Waals surface area contributed by atoms with Crippen molar-refractivity contribution in [3.05, 3.63) is 45.7 Å². The number of benzene rings is 1. The summed E-state index contributed by atoms with van der Waals surface area (Å²) in [5.74, 6) is 0.502. The monoisotopic (exact) mass is 217 g/mol. The normalized spacial score (nSPS) is 10.6. The second-order valence-corrected chi connectivity index (χ2v) is 3.78. The molecule has 0 spiro atoms. The molecule has 0 saturated heterocycles. The number of anilines is 1. The molecule has 4 nitrogen and oxygen atoms in total. The summed E-state index contributed by atoms with van der Waals surface area (Å²) in [5, 5.41) is 2.76. The summed E-state index contributed by atoms with van der Waals surface area (Å²) >= 11 is 0. The SMILES string of the molecule is CCc1c(N)n(-c2ccccc2C)[nH]c1=O. The minimum absolute atomic E-state index is 0.108. The average Bonchev–Trinajstić information content (AvgIpc) is 2.55. The molecule has 2 rings (SSSR count). The van der Waals surface area contributed by atoms with Gasteiger partial charge in [0.05, 0.1) is 11.3 Å². The molecule has 0 aliphatic heterocycles. The number of hydrogen-bond acceptors (Lipinski definition) is 2. The molecule has 1 heterocycles. The van der Waals surface area contributed by atoms with Crippen molar-refractivity contribution in [2.45, 2.75) is 20.3 Å². The molecule has 0 bridgehead atoms. The van der Waals surface area contributed by atoms with Crippen LogP contribution in [0.25, 0.3) is 5.69 Å². The maximum atomic E-state index is 11.6. The lowest BCUT2D eigenvalue weighted by molar-refractivity contribution is 0.866. The topological polar surface area (TPSA) is 63.8 Å². The fourth-order valence-electron chi connectivity index (χ4n) is 1.83. The second-order valence-electron chi connectivity index (χ2n) is 3.78. The van der Waals surface area contributed by atoms with Crippen molar-refractivity contribution in [3.8, 4) is 5.69 Å². The van der Waals surface area contributed by atoms with Crippen molar-refractivity contribution >= 4 is 5.82 Å². The first-order valence-corrected chi connectivity index (χ1v) is 5.30. The molecule has 0 atom stereocenters. The number of nitrogens with two attached hydrogens (primary N) is 1. The summed E-state index contributed by atoms with van der Waals surface area (Å²) in [6.07, 6.45) is 0.639. The van der Waals surface area contributed by atoms with E-state index in [-0.39, 0.29) is 5.56 Å². The number of aryl methyl sites for hydroxylation is 1. The number of para-hydroxylation sites is 1. The summed E-state index contributed by atoms with van der Waals surface area (Å²) in [6.45, 7) is 3.90. The van der Waals surface area contributed by atoms with Gasteiger partial charge in [0.25, 0.3) is 5.56 Å². The van der Waals surface area contributed by atoms with Crippen LogP contribution < -0.4 is 11.3 Å². The van der Waals surface area contributed by atoms with E-state index < -0.39 is 0 Å². The molecule has 0 fully saturated rings. The Balaban J connectivity index is 2.66. The summed E-state index contributed by atoms with van der Waals surface area (Å²) in [7, 11) is 0. The van der Waals surface area contributed by atoms with Gasteiger partial charge in [-0.1, -0.05) is 25.1 Å². The van der Waals surface area contributed by atoms with Crippen LogP contribution in [0, 0.1) is 6.92 Å². The maximum absolute atomic E-state index is 11.6. The zero-order valence-corrected chi connectivity index (χ0v) is 9.45. The Hall–Kier alpha value is -1.97. The van der Waals surface area contributed by atoms with Crippen LogP contribution in [0.2, 0.25) is 0 Å². The fraction of sp³-hybridized carbons (Fsp3) is 0.250. The summed E-state index contributed by atoms with van der Waals surface area (Å²) in [5.41, 5.74) is 8.47. The van der Waals surface area contributed by atoms with Crippen molar-refractivity contribution in [1.82, 2.24) is 9.78 Å². The van der Waals surface area contributed by atoms with Gasteiger partial charge in [-0.2, -0.15) is 0 Å². The van der Waals surface area contributed by atoms with Gasteiger partial charge in [0, 0.05) is 0 Å². The molecule has 4 heteroatoms. The highest BCUT2D eigenvalue weighted by molar-refractivity contribution is 5.49. The van der Waals surface area contributed by atoms with Crippen LogP contribution in [-0.2, 0) is 6.42 Å². The fourth-order valence-corrected chi connectivity index (χ4v) is 1.83. The van der Waals surface area contributed by atoms with Crippen LogP contribution in [0.15, 0.2) is 29.1 Å². The molecule has 2 aromatic rings. The molecule has 0 radical (unpaired) electrons. The number of nitrogen functional groups attached to an aromatic ring is 1. The van der Waals surface area contributed by atoms with Gasteiger partial charge in [0.1, 0.15) is 5.82 Å². The highest BCUT2D eigenvalue weighted by Crippen LogP contribution is 2.17. The number of nitrogens with one attached hydrogen (secondary N) is 1. The Bertz CT molecular complexity index is 566. The summed E-state index contributed by atoms with van der Waals surface area (Å²) in [4.78, 5) is 11.6. The van der Waals surface area contributed by atoms with E-state index in [1.165, 1.54) is 0 Å². The molecule has 1 aromatic heterocycles. The largest absolute Gasteiger partial charge is 0.383 e. The first-order chi connectivity index (χ1) is 7.65. The van der Waals surface area contributed by atoms with E-state index in [1.54, 1.807) is 4.68 Å². The molecule has 3 N–H and O–H groups in total. The number of H-pyrrole nitrogens is 1. The van der Waals surface area contributed by atoms with Crippen LogP contribution in [0.5, 0.6) is 0 Å². The van der Waals surface area contributed by atoms with Gasteiger partial charge < -0.3 is 5.73 Å². The second kappa shape index (κ2) is 3.89. The van der Waals surface area contributed by atoms with Crippen molar-refractivity contribution in [2.24, 2.45) is 0 Å². The number of hydrogen-bond donors (Lipinski definition) is 2. The quantitative estimate of drug-likeness (QED) is 0.802. The molecule has 0 amide bonds. The van der Waals surface area contributed by atoms with E-state index in [4.69, 9.17) is 5.73 Å². The number of nitrogens with zero attached hydrogens (tertiary/aromatic N) is 1.